The van der Waals surface area contributed by atoms with E-state index in [1.165, 1.54) is 0 Å². The Kier molecular flexibility index (Phi) is 5.66. The standard InChI is InChI=1S/C21H33ClN2O3/c1-18(2,22)16(25)13-23-14-9-11-15(12-10-14)24-17(26)19(3,4)27-21(7,8)20(24,5)6/h9-12,16,23,25H,13H2,1-8H3/t16-/m1/s1. The molecule has 1 amide bonds. The highest BCUT2D eigenvalue weighted by atomic mass is 35.5. The number of rotatable bonds is 5. The van der Waals surface area contributed by atoms with Crippen LogP contribution in [-0.2, 0) is 9.53 Å². The molecule has 152 valence electrons. The Bertz CT molecular complexity index is 690. The van der Waals surface area contributed by atoms with Gasteiger partial charge in [0.15, 0.2) is 0 Å². The van der Waals surface area contributed by atoms with E-state index < -0.39 is 27.7 Å². The maximum Gasteiger partial charge on any atom is 0.259 e. The summed E-state index contributed by atoms with van der Waals surface area (Å²) in [6, 6.07) is 7.64. The molecule has 0 saturated carbocycles. The van der Waals surface area contributed by atoms with Crippen molar-refractivity contribution < 1.29 is 14.6 Å². The van der Waals surface area contributed by atoms with Gasteiger partial charge in [-0.3, -0.25) is 4.79 Å². The normalized spacial score (nSPS) is 22.4. The van der Waals surface area contributed by atoms with Crippen molar-refractivity contribution in [3.05, 3.63) is 24.3 Å². The molecule has 1 aromatic carbocycles. The molecule has 1 heterocycles. The van der Waals surface area contributed by atoms with Gasteiger partial charge < -0.3 is 20.1 Å². The highest BCUT2D eigenvalue weighted by Gasteiger charge is 2.56. The highest BCUT2D eigenvalue weighted by Crippen LogP contribution is 2.43. The van der Waals surface area contributed by atoms with Gasteiger partial charge in [-0.2, -0.15) is 0 Å². The fourth-order valence-electron chi connectivity index (χ4n) is 3.22. The van der Waals surface area contributed by atoms with E-state index in [2.05, 4.69) is 5.32 Å². The van der Waals surface area contributed by atoms with Crippen LogP contribution in [0.3, 0.4) is 0 Å². The summed E-state index contributed by atoms with van der Waals surface area (Å²) in [6.45, 7) is 15.6. The number of halogens is 1. The molecule has 2 N–H and O–H groups in total. The molecule has 5 nitrogen and oxygen atoms in total. The van der Waals surface area contributed by atoms with Gasteiger partial charge in [0.25, 0.3) is 5.91 Å². The van der Waals surface area contributed by atoms with Crippen molar-refractivity contribution in [2.45, 2.75) is 83.1 Å². The Hall–Kier alpha value is -1.30. The number of benzene rings is 1. The largest absolute Gasteiger partial charge is 0.389 e. The maximum atomic E-state index is 13.1. The maximum absolute atomic E-state index is 13.1. The van der Waals surface area contributed by atoms with Crippen molar-refractivity contribution in [3.63, 3.8) is 0 Å². The van der Waals surface area contributed by atoms with Crippen molar-refractivity contribution >= 4 is 28.9 Å². The minimum Gasteiger partial charge on any atom is -0.389 e. The molecule has 27 heavy (non-hydrogen) atoms. The van der Waals surface area contributed by atoms with E-state index in [1.54, 1.807) is 13.8 Å². The van der Waals surface area contributed by atoms with Gasteiger partial charge in [0.05, 0.1) is 22.1 Å². The summed E-state index contributed by atoms with van der Waals surface area (Å²) < 4.78 is 6.12. The smallest absolute Gasteiger partial charge is 0.259 e. The van der Waals surface area contributed by atoms with Crippen molar-refractivity contribution in [3.8, 4) is 0 Å². The number of anilines is 2. The van der Waals surface area contributed by atoms with Crippen LogP contribution in [0.4, 0.5) is 11.4 Å². The van der Waals surface area contributed by atoms with Crippen LogP contribution in [0.15, 0.2) is 24.3 Å². The van der Waals surface area contributed by atoms with Gasteiger partial charge in [-0.15, -0.1) is 11.6 Å². The van der Waals surface area contributed by atoms with Crippen LogP contribution < -0.4 is 10.2 Å². The minimum absolute atomic E-state index is 0.0631. The van der Waals surface area contributed by atoms with Crippen LogP contribution in [0.5, 0.6) is 0 Å². The number of alkyl halides is 1. The number of ether oxygens (including phenoxy) is 1. The molecule has 0 radical (unpaired) electrons. The summed E-state index contributed by atoms with van der Waals surface area (Å²) in [6.07, 6.45) is -0.680. The van der Waals surface area contributed by atoms with Crippen LogP contribution in [-0.4, -0.2) is 45.3 Å². The molecule has 0 bridgehead atoms. The lowest BCUT2D eigenvalue weighted by Crippen LogP contribution is -2.72. The first kappa shape index (κ1) is 22.0. The lowest BCUT2D eigenvalue weighted by Gasteiger charge is -2.57. The van der Waals surface area contributed by atoms with E-state index >= 15 is 0 Å². The fourth-order valence-corrected chi connectivity index (χ4v) is 3.30. The van der Waals surface area contributed by atoms with Gasteiger partial charge in [0, 0.05) is 17.9 Å². The third-order valence-electron chi connectivity index (χ3n) is 5.68. The zero-order valence-electron chi connectivity index (χ0n) is 17.7. The number of hydrogen-bond acceptors (Lipinski definition) is 4. The Balaban J connectivity index is 2.25. The number of carbonyl (C=O) groups excluding carboxylic acids is 1. The van der Waals surface area contributed by atoms with Crippen molar-refractivity contribution in [2.75, 3.05) is 16.8 Å². The van der Waals surface area contributed by atoms with E-state index in [9.17, 15) is 9.90 Å². The van der Waals surface area contributed by atoms with Crippen LogP contribution in [0.2, 0.25) is 0 Å². The molecule has 1 aromatic rings. The number of aliphatic hydroxyl groups is 1. The summed E-state index contributed by atoms with van der Waals surface area (Å²) in [5.74, 6) is -0.0631. The second-order valence-corrected chi connectivity index (χ2v) is 10.3. The van der Waals surface area contributed by atoms with Crippen LogP contribution in [0.1, 0.15) is 55.4 Å². The van der Waals surface area contributed by atoms with Gasteiger partial charge in [-0.25, -0.2) is 0 Å². The van der Waals surface area contributed by atoms with Crippen molar-refractivity contribution in [1.29, 1.82) is 0 Å². The molecule has 1 fully saturated rings. The molecule has 0 spiro atoms. The average Bonchev–Trinajstić information content (AvgIpc) is 2.50. The molecule has 0 aromatic heterocycles. The molecule has 1 saturated heterocycles. The topological polar surface area (TPSA) is 61.8 Å². The first-order chi connectivity index (χ1) is 12.1. The monoisotopic (exact) mass is 396 g/mol. The van der Waals surface area contributed by atoms with Crippen LogP contribution in [0, 0.1) is 0 Å². The number of hydrogen-bond donors (Lipinski definition) is 2. The second-order valence-electron chi connectivity index (χ2n) is 9.33. The molecule has 1 aliphatic rings. The molecule has 6 heteroatoms. The highest BCUT2D eigenvalue weighted by molar-refractivity contribution is 6.23. The molecular formula is C21H33ClN2O3. The van der Waals surface area contributed by atoms with Gasteiger partial charge in [-0.1, -0.05) is 0 Å². The third kappa shape index (κ3) is 4.25. The molecule has 1 aliphatic heterocycles. The number of nitrogens with one attached hydrogen (secondary N) is 1. The van der Waals surface area contributed by atoms with E-state index in [-0.39, 0.29) is 5.91 Å². The Labute approximate surface area is 168 Å². The molecule has 0 unspecified atom stereocenters. The Morgan fingerprint density at radius 2 is 1.67 bits per heavy atom. The average molecular weight is 397 g/mol. The lowest BCUT2D eigenvalue weighted by atomic mass is 9.79. The minimum atomic E-state index is -0.897. The zero-order chi connectivity index (χ0) is 20.8. The lowest BCUT2D eigenvalue weighted by molar-refractivity contribution is -0.191. The van der Waals surface area contributed by atoms with Crippen LogP contribution in [0.25, 0.3) is 0 Å². The molecular weight excluding hydrogens is 364 g/mol. The SMILES string of the molecule is CC1(C)OC(C)(C)C(C)(C)N(c2ccc(NC[C@@H](O)C(C)(C)Cl)cc2)C1=O. The first-order valence-corrected chi connectivity index (χ1v) is 9.73. The fraction of sp³-hybridized carbons (Fsp3) is 0.667. The number of amides is 1. The van der Waals surface area contributed by atoms with Crippen molar-refractivity contribution in [1.82, 2.24) is 0 Å². The van der Waals surface area contributed by atoms with Gasteiger partial charge in [-0.05, 0) is 79.7 Å². The Morgan fingerprint density at radius 3 is 2.15 bits per heavy atom. The van der Waals surface area contributed by atoms with E-state index in [1.807, 2.05) is 70.7 Å². The number of aliphatic hydroxyl groups excluding tert-OH is 1. The summed E-state index contributed by atoms with van der Waals surface area (Å²) >= 11 is 6.13. The predicted octanol–water partition coefficient (Wildman–Crippen LogP) is 4.18. The summed E-state index contributed by atoms with van der Waals surface area (Å²) in [4.78, 5) is 14.2. The zero-order valence-corrected chi connectivity index (χ0v) is 18.4. The predicted molar refractivity (Wildman–Crippen MR) is 112 cm³/mol. The van der Waals surface area contributed by atoms with E-state index in [0.717, 1.165) is 11.4 Å². The summed E-state index contributed by atoms with van der Waals surface area (Å²) in [5, 5.41) is 13.2. The number of carbonyl (C=O) groups is 1. The third-order valence-corrected chi connectivity index (χ3v) is 5.93. The quantitative estimate of drug-likeness (QED) is 0.733. The molecule has 0 aliphatic carbocycles. The first-order valence-electron chi connectivity index (χ1n) is 9.35. The molecule has 1 atom stereocenters. The number of nitrogens with zero attached hydrogens (tertiary/aromatic N) is 1. The van der Waals surface area contributed by atoms with E-state index in [4.69, 9.17) is 16.3 Å². The Morgan fingerprint density at radius 1 is 1.15 bits per heavy atom. The van der Waals surface area contributed by atoms with Crippen LogP contribution >= 0.6 is 11.6 Å². The van der Waals surface area contributed by atoms with E-state index in [0.29, 0.717) is 6.54 Å². The summed E-state index contributed by atoms with van der Waals surface area (Å²) in [5.41, 5.74) is -0.259. The van der Waals surface area contributed by atoms with Crippen molar-refractivity contribution in [2.24, 2.45) is 0 Å². The van der Waals surface area contributed by atoms with Gasteiger partial charge in [0.1, 0.15) is 5.60 Å². The molecule has 2 rings (SSSR count). The van der Waals surface area contributed by atoms with Gasteiger partial charge in [0.2, 0.25) is 0 Å². The summed E-state index contributed by atoms with van der Waals surface area (Å²) in [7, 11) is 0. The second kappa shape index (κ2) is 6.94. The van der Waals surface area contributed by atoms with Gasteiger partial charge >= 0.3 is 0 Å². The number of morpholine rings is 1.